The number of carbonyl (C=O) groups is 2. The van der Waals surface area contributed by atoms with Crippen LogP contribution in [-0.4, -0.2) is 18.0 Å². The average molecular weight is 368 g/mol. The zero-order valence-corrected chi connectivity index (χ0v) is 13.8. The van der Waals surface area contributed by atoms with Crippen molar-refractivity contribution in [1.29, 1.82) is 0 Å². The van der Waals surface area contributed by atoms with Crippen LogP contribution < -0.4 is 0 Å². The summed E-state index contributed by atoms with van der Waals surface area (Å²) in [6.45, 7) is 4.18. The summed E-state index contributed by atoms with van der Waals surface area (Å²) in [7, 11) is 0. The van der Waals surface area contributed by atoms with Gasteiger partial charge < -0.3 is 9.47 Å². The number of rotatable bonds is 7. The van der Waals surface area contributed by atoms with E-state index in [1.54, 1.807) is 6.92 Å². The SMILES string of the molecule is CC(C)C(C)OC(=O)CCC(=O)OCc1c(F)c(F)c(F)c(F)c1F. The molecule has 1 unspecified atom stereocenters. The van der Waals surface area contributed by atoms with E-state index in [0.717, 1.165) is 0 Å². The summed E-state index contributed by atoms with van der Waals surface area (Å²) < 4.78 is 75.1. The van der Waals surface area contributed by atoms with Gasteiger partial charge >= 0.3 is 11.9 Å². The largest absolute Gasteiger partial charge is 0.462 e. The lowest BCUT2D eigenvalue weighted by Gasteiger charge is -2.16. The normalized spacial score (nSPS) is 12.2. The van der Waals surface area contributed by atoms with Gasteiger partial charge in [0.1, 0.15) is 12.7 Å². The Labute approximate surface area is 140 Å². The minimum Gasteiger partial charge on any atom is -0.462 e. The van der Waals surface area contributed by atoms with Gasteiger partial charge in [-0.2, -0.15) is 0 Å². The highest BCUT2D eigenvalue weighted by molar-refractivity contribution is 5.77. The lowest BCUT2D eigenvalue weighted by atomic mass is 10.1. The highest BCUT2D eigenvalue weighted by atomic mass is 19.2. The zero-order chi connectivity index (χ0) is 19.3. The molecule has 25 heavy (non-hydrogen) atoms. The minimum atomic E-state index is -2.30. The Morgan fingerprint density at radius 2 is 1.24 bits per heavy atom. The molecule has 1 atom stereocenters. The van der Waals surface area contributed by atoms with Gasteiger partial charge in [0.2, 0.25) is 5.82 Å². The molecule has 0 fully saturated rings. The van der Waals surface area contributed by atoms with Crippen LogP contribution in [-0.2, 0) is 25.7 Å². The molecule has 0 aliphatic heterocycles. The number of hydrogen-bond donors (Lipinski definition) is 0. The van der Waals surface area contributed by atoms with Crippen LogP contribution in [0.25, 0.3) is 0 Å². The second-order valence-electron chi connectivity index (χ2n) is 5.65. The molecule has 4 nitrogen and oxygen atoms in total. The highest BCUT2D eigenvalue weighted by Gasteiger charge is 2.26. The molecule has 9 heteroatoms. The number of halogens is 5. The fraction of sp³-hybridized carbons (Fsp3) is 0.500. The van der Waals surface area contributed by atoms with Gasteiger partial charge in [0.15, 0.2) is 23.3 Å². The Balaban J connectivity index is 2.60. The summed E-state index contributed by atoms with van der Waals surface area (Å²) in [4.78, 5) is 22.9. The summed E-state index contributed by atoms with van der Waals surface area (Å²) in [5.74, 6) is -12.3. The van der Waals surface area contributed by atoms with Gasteiger partial charge in [-0.05, 0) is 12.8 Å². The van der Waals surface area contributed by atoms with E-state index in [9.17, 15) is 31.5 Å². The van der Waals surface area contributed by atoms with Crippen LogP contribution in [0.3, 0.4) is 0 Å². The Kier molecular flexibility index (Phi) is 7.32. The number of benzene rings is 1. The van der Waals surface area contributed by atoms with E-state index in [-0.39, 0.29) is 18.4 Å². The van der Waals surface area contributed by atoms with Gasteiger partial charge in [-0.15, -0.1) is 0 Å². The van der Waals surface area contributed by atoms with Crippen LogP contribution in [0, 0.1) is 35.0 Å². The van der Waals surface area contributed by atoms with Crippen molar-refractivity contribution in [3.05, 3.63) is 34.6 Å². The molecule has 0 amide bonds. The molecule has 0 aliphatic rings. The summed E-state index contributed by atoms with van der Waals surface area (Å²) in [6, 6.07) is 0. The Hall–Kier alpha value is -2.19. The van der Waals surface area contributed by atoms with E-state index in [1.165, 1.54) is 0 Å². The van der Waals surface area contributed by atoms with Crippen molar-refractivity contribution in [1.82, 2.24) is 0 Å². The van der Waals surface area contributed by atoms with Crippen molar-refractivity contribution >= 4 is 11.9 Å². The third-order valence-electron chi connectivity index (χ3n) is 3.47. The fourth-order valence-corrected chi connectivity index (χ4v) is 1.61. The topological polar surface area (TPSA) is 52.6 Å². The second kappa shape index (κ2) is 8.77. The quantitative estimate of drug-likeness (QED) is 0.318. The Bertz CT molecular complexity index is 631. The van der Waals surface area contributed by atoms with Crippen LogP contribution in [0.15, 0.2) is 0 Å². The van der Waals surface area contributed by atoms with Crippen molar-refractivity contribution in [2.45, 2.75) is 46.3 Å². The molecule has 0 heterocycles. The van der Waals surface area contributed by atoms with Gasteiger partial charge in [-0.25, -0.2) is 22.0 Å². The minimum absolute atomic E-state index is 0.0742. The van der Waals surface area contributed by atoms with Crippen LogP contribution in [0.1, 0.15) is 39.2 Å². The number of ether oxygens (including phenoxy) is 2. The molecule has 0 aromatic heterocycles. The van der Waals surface area contributed by atoms with Crippen molar-refractivity contribution in [2.24, 2.45) is 5.92 Å². The van der Waals surface area contributed by atoms with Gasteiger partial charge in [-0.1, -0.05) is 13.8 Å². The first-order chi connectivity index (χ1) is 11.6. The van der Waals surface area contributed by atoms with Crippen LogP contribution in [0.2, 0.25) is 0 Å². The summed E-state index contributed by atoms with van der Waals surface area (Å²) in [5, 5.41) is 0. The molecule has 1 aromatic rings. The van der Waals surface area contributed by atoms with Crippen LogP contribution >= 0.6 is 0 Å². The highest BCUT2D eigenvalue weighted by Crippen LogP contribution is 2.23. The molecular formula is C16H17F5O4. The third-order valence-corrected chi connectivity index (χ3v) is 3.47. The molecule has 1 aromatic carbocycles. The van der Waals surface area contributed by atoms with Gasteiger partial charge in [-0.3, -0.25) is 9.59 Å². The standard InChI is InChI=1S/C16H17F5O4/c1-7(2)8(3)25-11(23)5-4-10(22)24-6-9-12(17)14(19)16(21)15(20)13(9)18/h7-8H,4-6H2,1-3H3. The maximum Gasteiger partial charge on any atom is 0.306 e. The fourth-order valence-electron chi connectivity index (χ4n) is 1.61. The lowest BCUT2D eigenvalue weighted by molar-refractivity contribution is -0.155. The molecule has 0 aliphatic carbocycles. The molecule has 0 N–H and O–H groups in total. The van der Waals surface area contributed by atoms with Crippen molar-refractivity contribution in [2.75, 3.05) is 0 Å². The van der Waals surface area contributed by atoms with E-state index in [0.29, 0.717) is 0 Å². The predicted octanol–water partition coefficient (Wildman–Crippen LogP) is 3.79. The van der Waals surface area contributed by atoms with E-state index in [2.05, 4.69) is 4.74 Å². The Morgan fingerprint density at radius 3 is 1.72 bits per heavy atom. The third kappa shape index (κ3) is 5.40. The van der Waals surface area contributed by atoms with Gasteiger partial charge in [0.25, 0.3) is 0 Å². The number of hydrogen-bond acceptors (Lipinski definition) is 4. The first kappa shape index (κ1) is 20.9. The summed E-state index contributed by atoms with van der Waals surface area (Å²) in [5.41, 5.74) is -1.26. The Morgan fingerprint density at radius 1 is 0.800 bits per heavy atom. The van der Waals surface area contributed by atoms with E-state index in [4.69, 9.17) is 4.74 Å². The first-order valence-electron chi connectivity index (χ1n) is 7.41. The van der Waals surface area contributed by atoms with E-state index >= 15 is 0 Å². The smallest absolute Gasteiger partial charge is 0.306 e. The van der Waals surface area contributed by atoms with Crippen molar-refractivity contribution in [3.8, 4) is 0 Å². The van der Waals surface area contributed by atoms with E-state index in [1.807, 2.05) is 13.8 Å². The molecule has 0 bridgehead atoms. The first-order valence-corrected chi connectivity index (χ1v) is 7.41. The molecule has 0 radical (unpaired) electrons. The van der Waals surface area contributed by atoms with Crippen LogP contribution in [0.5, 0.6) is 0 Å². The number of carbonyl (C=O) groups excluding carboxylic acids is 2. The molecule has 140 valence electrons. The summed E-state index contributed by atoms with van der Waals surface area (Å²) in [6.07, 6.45) is -1.16. The maximum absolute atomic E-state index is 13.4. The van der Waals surface area contributed by atoms with E-state index < -0.39 is 59.6 Å². The lowest BCUT2D eigenvalue weighted by Crippen LogP contribution is -2.21. The average Bonchev–Trinajstić information content (AvgIpc) is 2.56. The van der Waals surface area contributed by atoms with Gasteiger partial charge in [0.05, 0.1) is 18.4 Å². The van der Waals surface area contributed by atoms with Gasteiger partial charge in [0, 0.05) is 0 Å². The molecule has 0 saturated carbocycles. The van der Waals surface area contributed by atoms with Crippen molar-refractivity contribution in [3.63, 3.8) is 0 Å². The molecule has 0 saturated heterocycles. The zero-order valence-electron chi connectivity index (χ0n) is 13.8. The molecule has 0 spiro atoms. The van der Waals surface area contributed by atoms with Crippen LogP contribution in [0.4, 0.5) is 22.0 Å². The second-order valence-corrected chi connectivity index (χ2v) is 5.65. The number of esters is 2. The summed E-state index contributed by atoms with van der Waals surface area (Å²) >= 11 is 0. The predicted molar refractivity (Wildman–Crippen MR) is 75.7 cm³/mol. The maximum atomic E-state index is 13.4. The molecule has 1 rings (SSSR count). The monoisotopic (exact) mass is 368 g/mol. The molecular weight excluding hydrogens is 351 g/mol. The van der Waals surface area contributed by atoms with Crippen molar-refractivity contribution < 1.29 is 41.0 Å².